The fourth-order valence-electron chi connectivity index (χ4n) is 4.36. The van der Waals surface area contributed by atoms with Crippen LogP contribution in [0.2, 0.25) is 0 Å². The van der Waals surface area contributed by atoms with Gasteiger partial charge in [-0.3, -0.25) is 0 Å². The molecule has 4 heterocycles. The Morgan fingerprint density at radius 3 is 2.60 bits per heavy atom. The van der Waals surface area contributed by atoms with Crippen molar-refractivity contribution in [3.05, 3.63) is 65.4 Å². The first kappa shape index (κ1) is 29.0. The lowest BCUT2D eigenvalue weighted by Crippen LogP contribution is -2.59. The highest BCUT2D eigenvalue weighted by atomic mass is 32.2. The Hall–Kier alpha value is -3.98. The molecule has 0 saturated carbocycles. The number of likely N-dealkylation sites (tertiary alicyclic amines) is 1. The number of hydrogen-bond acceptors (Lipinski definition) is 7. The largest absolute Gasteiger partial charge is 0.483 e. The summed E-state index contributed by atoms with van der Waals surface area (Å²) in [5.74, 6) is -2.28. The van der Waals surface area contributed by atoms with Crippen LogP contribution in [0.15, 0.2) is 58.2 Å². The van der Waals surface area contributed by atoms with E-state index in [0.29, 0.717) is 12.5 Å². The summed E-state index contributed by atoms with van der Waals surface area (Å²) in [7, 11) is -2.49. The van der Waals surface area contributed by atoms with Crippen LogP contribution in [0.3, 0.4) is 0 Å². The molecule has 2 aliphatic heterocycles. The van der Waals surface area contributed by atoms with Crippen molar-refractivity contribution in [2.24, 2.45) is 5.10 Å². The zero-order chi connectivity index (χ0) is 29.4. The van der Waals surface area contributed by atoms with Crippen LogP contribution < -0.4 is 9.46 Å². The molecule has 1 N–H and O–H groups in total. The Bertz CT molecular complexity index is 1540. The molecule has 15 heteroatoms. The Balaban J connectivity index is 1.43. The average Bonchev–Trinajstić information content (AvgIpc) is 3.46. The molecule has 2 amide bonds. The molecule has 2 aliphatic rings. The molecule has 0 bridgehead atoms. The van der Waals surface area contributed by atoms with Crippen LogP contribution in [0.4, 0.5) is 18.0 Å². The van der Waals surface area contributed by atoms with Crippen LogP contribution in [-0.4, -0.2) is 77.6 Å². The molecule has 1 saturated heterocycles. The van der Waals surface area contributed by atoms with Gasteiger partial charge in [-0.25, -0.2) is 45.8 Å². The first-order valence-electron chi connectivity index (χ1n) is 12.1. The third kappa shape index (κ3) is 5.79. The third-order valence-electron chi connectivity index (χ3n) is 6.31. The molecule has 1 atom stereocenters. The number of hydrogen-bond donors (Lipinski definition) is 1. The lowest BCUT2D eigenvalue weighted by Gasteiger charge is -2.41. The van der Waals surface area contributed by atoms with Gasteiger partial charge in [0.15, 0.2) is 17.4 Å². The summed E-state index contributed by atoms with van der Waals surface area (Å²) in [6, 6.07) is 0.195. The van der Waals surface area contributed by atoms with E-state index in [-0.39, 0.29) is 46.5 Å². The molecule has 40 heavy (non-hydrogen) atoms. The second-order valence-electron chi connectivity index (χ2n) is 9.25. The van der Waals surface area contributed by atoms with Crippen LogP contribution in [0, 0.1) is 19.7 Å². The molecule has 214 valence electrons. The first-order chi connectivity index (χ1) is 18.8. The monoisotopic (exact) mass is 579 g/mol. The van der Waals surface area contributed by atoms with Crippen molar-refractivity contribution >= 4 is 22.3 Å². The minimum Gasteiger partial charge on any atom is -0.483 e. The van der Waals surface area contributed by atoms with E-state index in [2.05, 4.69) is 26.5 Å². The highest BCUT2D eigenvalue weighted by molar-refractivity contribution is 7.89. The lowest BCUT2D eigenvalue weighted by molar-refractivity contribution is 0.0273. The number of aromatic nitrogens is 3. The van der Waals surface area contributed by atoms with Crippen LogP contribution in [0.1, 0.15) is 24.7 Å². The summed E-state index contributed by atoms with van der Waals surface area (Å²) in [6.07, 6.45) is 3.98. The van der Waals surface area contributed by atoms with Crippen molar-refractivity contribution in [1.29, 1.82) is 0 Å². The number of amides is 2. The van der Waals surface area contributed by atoms with Gasteiger partial charge in [0.1, 0.15) is 16.8 Å². The topological polar surface area (TPSA) is 122 Å². The standard InChI is InChI=1S/C25H28F3N7O4S/c1-14(8-18(27)9-15(2)26)21-6-7-31-35(21)25(36)33-12-19(13-33)39-22-10-23(30-11-20(22)28)34-17(4)24(16(3)32-34)40(37,38)29-5/h7-11,19,21,29H,1,6,12-13H2,2-5H3/b15-9+,18-8+/t21-/m0/s1. The highest BCUT2D eigenvalue weighted by Gasteiger charge is 2.39. The van der Waals surface area contributed by atoms with Crippen LogP contribution in [0.5, 0.6) is 5.75 Å². The molecule has 0 unspecified atom stereocenters. The van der Waals surface area contributed by atoms with Crippen molar-refractivity contribution in [2.75, 3.05) is 20.1 Å². The Morgan fingerprint density at radius 1 is 1.25 bits per heavy atom. The maximum absolute atomic E-state index is 14.6. The van der Waals surface area contributed by atoms with Crippen LogP contribution in [-0.2, 0) is 10.0 Å². The number of carbonyl (C=O) groups is 1. The van der Waals surface area contributed by atoms with Gasteiger partial charge in [0, 0.05) is 24.8 Å². The maximum Gasteiger partial charge on any atom is 0.341 e. The van der Waals surface area contributed by atoms with Crippen LogP contribution in [0.25, 0.3) is 5.82 Å². The Morgan fingerprint density at radius 2 is 1.95 bits per heavy atom. The molecule has 0 radical (unpaired) electrons. The second kappa shape index (κ2) is 11.3. The number of aryl methyl sites for hydroxylation is 1. The van der Waals surface area contributed by atoms with Crippen molar-refractivity contribution in [1.82, 2.24) is 29.4 Å². The minimum absolute atomic E-state index is 0.00507. The van der Waals surface area contributed by atoms with Gasteiger partial charge >= 0.3 is 6.03 Å². The van der Waals surface area contributed by atoms with Gasteiger partial charge in [0.05, 0.1) is 42.5 Å². The zero-order valence-electron chi connectivity index (χ0n) is 22.2. The fraction of sp³-hybridized carbons (Fsp3) is 0.360. The molecule has 4 rings (SSSR count). The van der Waals surface area contributed by atoms with E-state index in [9.17, 15) is 26.4 Å². The van der Waals surface area contributed by atoms with Gasteiger partial charge in [0.25, 0.3) is 0 Å². The van der Waals surface area contributed by atoms with E-state index in [1.165, 1.54) is 40.8 Å². The van der Waals surface area contributed by atoms with E-state index in [1.807, 2.05) is 0 Å². The molecule has 0 spiro atoms. The minimum atomic E-state index is -3.78. The predicted molar refractivity (Wildman–Crippen MR) is 140 cm³/mol. The number of rotatable bonds is 8. The Labute approximate surface area is 229 Å². The van der Waals surface area contributed by atoms with Crippen molar-refractivity contribution < 1.29 is 31.1 Å². The van der Waals surface area contributed by atoms with Crippen LogP contribution >= 0.6 is 0 Å². The first-order valence-corrected chi connectivity index (χ1v) is 13.6. The van der Waals surface area contributed by atoms with Gasteiger partial charge in [-0.2, -0.15) is 10.2 Å². The number of sulfonamides is 1. The van der Waals surface area contributed by atoms with E-state index < -0.39 is 45.7 Å². The smallest absolute Gasteiger partial charge is 0.341 e. The quantitative estimate of drug-likeness (QED) is 0.478. The van der Waals surface area contributed by atoms with E-state index >= 15 is 0 Å². The number of allylic oxidation sites excluding steroid dienone is 3. The number of halogens is 3. The lowest BCUT2D eigenvalue weighted by atomic mass is 10.1. The molecule has 0 aliphatic carbocycles. The normalized spacial score (nSPS) is 18.3. The predicted octanol–water partition coefficient (Wildman–Crippen LogP) is 3.46. The van der Waals surface area contributed by atoms with Crippen molar-refractivity contribution in [3.63, 3.8) is 0 Å². The highest BCUT2D eigenvalue weighted by Crippen LogP contribution is 2.28. The molecule has 11 nitrogen and oxygen atoms in total. The van der Waals surface area contributed by atoms with Gasteiger partial charge in [0.2, 0.25) is 10.0 Å². The Kier molecular flexibility index (Phi) is 8.16. The summed E-state index contributed by atoms with van der Waals surface area (Å²) in [5, 5.41) is 9.47. The average molecular weight is 580 g/mol. The summed E-state index contributed by atoms with van der Waals surface area (Å²) >= 11 is 0. The molecular weight excluding hydrogens is 551 g/mol. The van der Waals surface area contributed by atoms with Gasteiger partial charge in [-0.05, 0) is 39.5 Å². The zero-order valence-corrected chi connectivity index (χ0v) is 23.0. The number of nitrogens with one attached hydrogen (secondary N) is 1. The number of carbonyl (C=O) groups excluding carboxylic acids is 1. The summed E-state index contributed by atoms with van der Waals surface area (Å²) in [5.41, 5.74) is 0.770. The molecular formula is C25H28F3N7O4S. The third-order valence-corrected chi connectivity index (χ3v) is 7.98. The molecule has 2 aromatic heterocycles. The maximum atomic E-state index is 14.6. The summed E-state index contributed by atoms with van der Waals surface area (Å²) < 4.78 is 75.4. The second-order valence-corrected chi connectivity index (χ2v) is 11.1. The van der Waals surface area contributed by atoms with Gasteiger partial charge in [-0.1, -0.05) is 6.58 Å². The van der Waals surface area contributed by atoms with Crippen molar-refractivity contribution in [3.8, 4) is 11.6 Å². The van der Waals surface area contributed by atoms with E-state index in [1.54, 1.807) is 6.92 Å². The van der Waals surface area contributed by atoms with E-state index in [4.69, 9.17) is 4.74 Å². The SMILES string of the molecule is C=C(/C=C(F)\C=C(/C)F)[C@@H]1CC=NN1C(=O)N1CC(Oc2cc(-n3nc(C)c(S(=O)(=O)NC)c3C)ncc2F)C1. The van der Waals surface area contributed by atoms with Gasteiger partial charge < -0.3 is 9.64 Å². The molecule has 1 fully saturated rings. The number of nitrogens with zero attached hydrogens (tertiary/aromatic N) is 6. The number of urea groups is 1. The van der Waals surface area contributed by atoms with Gasteiger partial charge in [-0.15, -0.1) is 0 Å². The number of pyridine rings is 1. The number of ether oxygens (including phenoxy) is 1. The van der Waals surface area contributed by atoms with Crippen molar-refractivity contribution in [2.45, 2.75) is 44.2 Å². The fourth-order valence-corrected chi connectivity index (χ4v) is 5.47. The number of hydrazone groups is 1. The molecule has 0 aromatic carbocycles. The van der Waals surface area contributed by atoms with E-state index in [0.717, 1.165) is 19.2 Å². The summed E-state index contributed by atoms with van der Waals surface area (Å²) in [4.78, 5) is 18.4. The summed E-state index contributed by atoms with van der Waals surface area (Å²) in [6.45, 7) is 8.24. The molecule has 2 aromatic rings.